The lowest BCUT2D eigenvalue weighted by atomic mass is 10.0. The number of nitrogen functional groups attached to an aromatic ring is 1. The van der Waals surface area contributed by atoms with Crippen molar-refractivity contribution in [2.24, 2.45) is 5.73 Å². The van der Waals surface area contributed by atoms with E-state index < -0.39 is 0 Å². The Labute approximate surface area is 113 Å². The average Bonchev–Trinajstić information content (AvgIpc) is 2.82. The third-order valence-corrected chi connectivity index (χ3v) is 4.10. The van der Waals surface area contributed by atoms with E-state index in [9.17, 15) is 4.39 Å². The zero-order chi connectivity index (χ0) is 13.4. The summed E-state index contributed by atoms with van der Waals surface area (Å²) in [6.07, 6.45) is 0. The van der Waals surface area contributed by atoms with Crippen LogP contribution in [0, 0.1) is 11.2 Å². The van der Waals surface area contributed by atoms with Gasteiger partial charge in [-0.05, 0) is 35.4 Å². The van der Waals surface area contributed by atoms with Crippen LogP contribution in [0.5, 0.6) is 0 Å². The van der Waals surface area contributed by atoms with Gasteiger partial charge in [0.2, 0.25) is 0 Å². The second kappa shape index (κ2) is 4.48. The highest BCUT2D eigenvalue weighted by molar-refractivity contribution is 7.20. The summed E-state index contributed by atoms with van der Waals surface area (Å²) in [5, 5.41) is 8.51. The molecule has 0 amide bonds. The van der Waals surface area contributed by atoms with Gasteiger partial charge in [0, 0.05) is 10.1 Å². The van der Waals surface area contributed by atoms with Crippen molar-refractivity contribution in [2.75, 3.05) is 0 Å². The van der Waals surface area contributed by atoms with E-state index in [1.807, 2.05) is 30.3 Å². The van der Waals surface area contributed by atoms with Crippen molar-refractivity contribution in [2.45, 2.75) is 0 Å². The molecule has 1 heterocycles. The van der Waals surface area contributed by atoms with Crippen molar-refractivity contribution in [3.8, 4) is 11.1 Å². The molecule has 0 saturated heterocycles. The Kier molecular flexibility index (Phi) is 2.80. The normalized spacial score (nSPS) is 10.8. The van der Waals surface area contributed by atoms with Crippen molar-refractivity contribution in [1.82, 2.24) is 0 Å². The highest BCUT2D eigenvalue weighted by Crippen LogP contribution is 2.34. The standard InChI is InChI=1S/C15H11FN2S/c16-10-4-1-3-9(7-10)11-5-2-6-13-12(11)8-14(19-13)15(17)18/h1-8H,(H3,17,18). The summed E-state index contributed by atoms with van der Waals surface area (Å²) >= 11 is 1.48. The van der Waals surface area contributed by atoms with Crippen LogP contribution >= 0.6 is 11.3 Å². The minimum absolute atomic E-state index is 0.0615. The molecule has 0 bridgehead atoms. The van der Waals surface area contributed by atoms with Gasteiger partial charge >= 0.3 is 0 Å². The molecule has 19 heavy (non-hydrogen) atoms. The maximum atomic E-state index is 13.3. The smallest absolute Gasteiger partial charge is 0.133 e. The Morgan fingerprint density at radius 1 is 1.11 bits per heavy atom. The molecule has 0 saturated carbocycles. The molecule has 2 aromatic carbocycles. The summed E-state index contributed by atoms with van der Waals surface area (Å²) in [4.78, 5) is 0.735. The van der Waals surface area contributed by atoms with Crippen molar-refractivity contribution in [1.29, 1.82) is 5.41 Å². The predicted octanol–water partition coefficient (Wildman–Crippen LogP) is 3.99. The summed E-state index contributed by atoms with van der Waals surface area (Å²) in [5.74, 6) is -0.192. The van der Waals surface area contributed by atoms with Crippen LogP contribution in [0.2, 0.25) is 0 Å². The Bertz CT molecular complexity index is 777. The first kappa shape index (κ1) is 11.9. The van der Waals surface area contributed by atoms with E-state index in [2.05, 4.69) is 0 Å². The SMILES string of the molecule is N=C(N)c1cc2c(-c3cccc(F)c3)cccc2s1. The third-order valence-electron chi connectivity index (χ3n) is 2.96. The topological polar surface area (TPSA) is 49.9 Å². The first-order valence-electron chi connectivity index (χ1n) is 5.78. The van der Waals surface area contributed by atoms with E-state index >= 15 is 0 Å². The maximum Gasteiger partial charge on any atom is 0.133 e. The number of hydrogen-bond acceptors (Lipinski definition) is 2. The van der Waals surface area contributed by atoms with E-state index in [-0.39, 0.29) is 11.7 Å². The summed E-state index contributed by atoms with van der Waals surface area (Å²) in [7, 11) is 0. The third kappa shape index (κ3) is 2.11. The monoisotopic (exact) mass is 270 g/mol. The minimum atomic E-state index is -0.253. The fourth-order valence-corrected chi connectivity index (χ4v) is 3.05. The number of rotatable bonds is 2. The molecule has 3 rings (SSSR count). The van der Waals surface area contributed by atoms with E-state index in [1.165, 1.54) is 23.5 Å². The zero-order valence-electron chi connectivity index (χ0n) is 9.98. The number of thiophene rings is 1. The number of benzene rings is 2. The number of halogens is 1. The Hall–Kier alpha value is -2.20. The van der Waals surface area contributed by atoms with Crippen LogP contribution in [0.1, 0.15) is 4.88 Å². The lowest BCUT2D eigenvalue weighted by Crippen LogP contribution is -2.08. The van der Waals surface area contributed by atoms with Crippen molar-refractivity contribution in [3.63, 3.8) is 0 Å². The van der Waals surface area contributed by atoms with Gasteiger partial charge in [0.15, 0.2) is 0 Å². The van der Waals surface area contributed by atoms with E-state index in [0.717, 1.165) is 26.1 Å². The van der Waals surface area contributed by atoms with Gasteiger partial charge in [-0.3, -0.25) is 5.41 Å². The molecule has 0 fully saturated rings. The lowest BCUT2D eigenvalue weighted by Gasteiger charge is -2.03. The van der Waals surface area contributed by atoms with Crippen LogP contribution in [0.3, 0.4) is 0 Å². The predicted molar refractivity (Wildman–Crippen MR) is 78.2 cm³/mol. The van der Waals surface area contributed by atoms with Gasteiger partial charge in [-0.25, -0.2) is 4.39 Å². The number of hydrogen-bond donors (Lipinski definition) is 2. The molecule has 0 unspecified atom stereocenters. The highest BCUT2D eigenvalue weighted by Gasteiger charge is 2.09. The molecule has 4 heteroatoms. The Morgan fingerprint density at radius 2 is 1.89 bits per heavy atom. The van der Waals surface area contributed by atoms with Crippen molar-refractivity contribution >= 4 is 27.3 Å². The lowest BCUT2D eigenvalue weighted by molar-refractivity contribution is 0.628. The first-order chi connectivity index (χ1) is 9.15. The minimum Gasteiger partial charge on any atom is -0.383 e. The van der Waals surface area contributed by atoms with Gasteiger partial charge in [-0.15, -0.1) is 11.3 Å². The van der Waals surface area contributed by atoms with Gasteiger partial charge in [0.05, 0.1) is 4.88 Å². The van der Waals surface area contributed by atoms with Crippen molar-refractivity contribution < 1.29 is 4.39 Å². The largest absolute Gasteiger partial charge is 0.383 e. The molecule has 0 aliphatic heterocycles. The second-order valence-corrected chi connectivity index (χ2v) is 5.34. The molecule has 0 aliphatic carbocycles. The van der Waals surface area contributed by atoms with Crippen LogP contribution in [0.15, 0.2) is 48.5 Å². The Balaban J connectivity index is 2.26. The molecular formula is C15H11FN2S. The van der Waals surface area contributed by atoms with Crippen LogP contribution in [0.25, 0.3) is 21.2 Å². The zero-order valence-corrected chi connectivity index (χ0v) is 10.8. The quantitative estimate of drug-likeness (QED) is 0.537. The molecule has 3 aromatic rings. The maximum absolute atomic E-state index is 13.3. The fourth-order valence-electron chi connectivity index (χ4n) is 2.10. The molecular weight excluding hydrogens is 259 g/mol. The molecule has 0 spiro atoms. The van der Waals surface area contributed by atoms with Crippen LogP contribution in [0.4, 0.5) is 4.39 Å². The number of fused-ring (bicyclic) bond motifs is 1. The van der Waals surface area contributed by atoms with Crippen LogP contribution < -0.4 is 5.73 Å². The summed E-state index contributed by atoms with van der Waals surface area (Å²) < 4.78 is 14.4. The second-order valence-electron chi connectivity index (χ2n) is 4.25. The molecule has 1 aromatic heterocycles. The molecule has 0 aliphatic rings. The highest BCUT2D eigenvalue weighted by atomic mass is 32.1. The summed E-state index contributed by atoms with van der Waals surface area (Å²) in [5.41, 5.74) is 7.32. The van der Waals surface area contributed by atoms with Crippen molar-refractivity contribution in [3.05, 3.63) is 59.2 Å². The first-order valence-corrected chi connectivity index (χ1v) is 6.60. The average molecular weight is 270 g/mol. The summed E-state index contributed by atoms with van der Waals surface area (Å²) in [6.45, 7) is 0. The van der Waals surface area contributed by atoms with Gasteiger partial charge < -0.3 is 5.73 Å². The Morgan fingerprint density at radius 3 is 2.63 bits per heavy atom. The molecule has 94 valence electrons. The number of nitrogens with two attached hydrogens (primary N) is 1. The van der Waals surface area contributed by atoms with E-state index in [4.69, 9.17) is 11.1 Å². The van der Waals surface area contributed by atoms with Gasteiger partial charge in [-0.1, -0.05) is 24.3 Å². The van der Waals surface area contributed by atoms with Gasteiger partial charge in [0.25, 0.3) is 0 Å². The van der Waals surface area contributed by atoms with E-state index in [1.54, 1.807) is 6.07 Å². The van der Waals surface area contributed by atoms with E-state index in [0.29, 0.717) is 0 Å². The number of nitrogens with one attached hydrogen (secondary N) is 1. The summed E-state index contributed by atoms with van der Waals surface area (Å²) in [6, 6.07) is 14.3. The van der Waals surface area contributed by atoms with Crippen LogP contribution in [-0.2, 0) is 0 Å². The van der Waals surface area contributed by atoms with Gasteiger partial charge in [0.1, 0.15) is 11.7 Å². The fraction of sp³-hybridized carbons (Fsp3) is 0. The van der Waals surface area contributed by atoms with Gasteiger partial charge in [-0.2, -0.15) is 0 Å². The molecule has 2 nitrogen and oxygen atoms in total. The molecule has 0 radical (unpaired) electrons. The van der Waals surface area contributed by atoms with Crippen LogP contribution in [-0.4, -0.2) is 5.84 Å². The molecule has 0 atom stereocenters. The molecule has 3 N–H and O–H groups in total. The number of amidine groups is 1.